The molecule has 0 spiro atoms. The van der Waals surface area contributed by atoms with Gasteiger partial charge in [0.2, 0.25) is 10.0 Å². The van der Waals surface area contributed by atoms with Gasteiger partial charge < -0.3 is 5.32 Å². The van der Waals surface area contributed by atoms with Gasteiger partial charge in [-0.3, -0.25) is 4.90 Å². The summed E-state index contributed by atoms with van der Waals surface area (Å²) in [5, 5.41) is 3.79. The van der Waals surface area contributed by atoms with E-state index in [9.17, 15) is 8.42 Å². The van der Waals surface area contributed by atoms with Crippen molar-refractivity contribution in [1.82, 2.24) is 14.9 Å². The van der Waals surface area contributed by atoms with E-state index in [1.54, 1.807) is 12.1 Å². The van der Waals surface area contributed by atoms with Gasteiger partial charge in [-0.1, -0.05) is 11.6 Å². The number of benzene rings is 1. The first-order valence-electron chi connectivity index (χ1n) is 6.26. The summed E-state index contributed by atoms with van der Waals surface area (Å²) in [7, 11) is -3.43. The third kappa shape index (κ3) is 6.69. The molecule has 0 aromatic heterocycles. The monoisotopic (exact) mass is 375 g/mol. The normalized spacial score (nSPS) is 15.9. The number of hydrogen-bond donors (Lipinski definition) is 2. The lowest BCUT2D eigenvalue weighted by Gasteiger charge is -2.27. The van der Waals surface area contributed by atoms with Crippen molar-refractivity contribution in [3.8, 4) is 0 Å². The second-order valence-electron chi connectivity index (χ2n) is 4.44. The Kier molecular flexibility index (Phi) is 9.80. The molecule has 0 aliphatic carbocycles. The Morgan fingerprint density at radius 3 is 2.29 bits per heavy atom. The molecule has 1 saturated heterocycles. The molecule has 0 atom stereocenters. The maximum atomic E-state index is 12.0. The van der Waals surface area contributed by atoms with E-state index in [1.807, 2.05) is 0 Å². The zero-order valence-corrected chi connectivity index (χ0v) is 14.6. The molecule has 5 nitrogen and oxygen atoms in total. The van der Waals surface area contributed by atoms with Crippen LogP contribution in [0.2, 0.25) is 5.02 Å². The summed E-state index contributed by atoms with van der Waals surface area (Å²) in [5.41, 5.74) is 0. The molecule has 2 N–H and O–H groups in total. The molecule has 0 saturated carbocycles. The Bertz CT molecular complexity index is 505. The fraction of sp³-hybridized carbons (Fsp3) is 0.500. The average molecular weight is 377 g/mol. The fourth-order valence-corrected chi connectivity index (χ4v) is 3.12. The second-order valence-corrected chi connectivity index (χ2v) is 6.65. The van der Waals surface area contributed by atoms with Crippen LogP contribution in [0.25, 0.3) is 0 Å². The highest BCUT2D eigenvalue weighted by Crippen LogP contribution is 2.13. The van der Waals surface area contributed by atoms with Crippen molar-refractivity contribution in [1.29, 1.82) is 0 Å². The third-order valence-electron chi connectivity index (χ3n) is 3.05. The number of hydrogen-bond acceptors (Lipinski definition) is 4. The minimum Gasteiger partial charge on any atom is -0.314 e. The molecule has 1 aromatic carbocycles. The van der Waals surface area contributed by atoms with Gasteiger partial charge in [0.15, 0.2) is 0 Å². The van der Waals surface area contributed by atoms with Gasteiger partial charge >= 0.3 is 0 Å². The van der Waals surface area contributed by atoms with Crippen LogP contribution in [0, 0.1) is 0 Å². The van der Waals surface area contributed by atoms with E-state index in [1.165, 1.54) is 12.1 Å². The molecular formula is C12H20Cl3N3O2S. The van der Waals surface area contributed by atoms with Gasteiger partial charge in [0, 0.05) is 44.3 Å². The Morgan fingerprint density at radius 2 is 1.71 bits per heavy atom. The Hall–Kier alpha value is -0.0800. The molecule has 0 unspecified atom stereocenters. The molecular weight excluding hydrogens is 357 g/mol. The van der Waals surface area contributed by atoms with E-state index in [0.29, 0.717) is 11.6 Å². The smallest absolute Gasteiger partial charge is 0.240 e. The van der Waals surface area contributed by atoms with Gasteiger partial charge in [0.1, 0.15) is 0 Å². The Labute approximate surface area is 143 Å². The Balaban J connectivity index is 0.00000200. The standard InChI is InChI=1S/C12H18ClN3O2S.2ClH/c13-11-1-3-12(4-2-11)19(17,18)15-7-10-16-8-5-14-6-9-16;;/h1-4,14-15H,5-10H2;2*1H. The number of sulfonamides is 1. The van der Waals surface area contributed by atoms with Crippen LogP contribution in [-0.2, 0) is 10.0 Å². The summed E-state index contributed by atoms with van der Waals surface area (Å²) in [6.45, 7) is 5.00. The SMILES string of the molecule is Cl.Cl.O=S(=O)(NCCN1CCNCC1)c1ccc(Cl)cc1. The van der Waals surface area contributed by atoms with Gasteiger partial charge in [-0.15, -0.1) is 24.8 Å². The van der Waals surface area contributed by atoms with Gasteiger partial charge in [-0.05, 0) is 24.3 Å². The molecule has 9 heteroatoms. The van der Waals surface area contributed by atoms with E-state index < -0.39 is 10.0 Å². The molecule has 0 radical (unpaired) electrons. The van der Waals surface area contributed by atoms with E-state index in [-0.39, 0.29) is 29.7 Å². The number of halogens is 3. The van der Waals surface area contributed by atoms with Crippen molar-refractivity contribution in [3.05, 3.63) is 29.3 Å². The highest BCUT2D eigenvalue weighted by molar-refractivity contribution is 7.89. The average Bonchev–Trinajstić information content (AvgIpc) is 2.40. The summed E-state index contributed by atoms with van der Waals surface area (Å²) in [4.78, 5) is 2.48. The number of rotatable bonds is 5. The number of piperazine rings is 1. The van der Waals surface area contributed by atoms with E-state index in [0.717, 1.165) is 32.7 Å². The highest BCUT2D eigenvalue weighted by Gasteiger charge is 2.14. The van der Waals surface area contributed by atoms with Crippen LogP contribution < -0.4 is 10.0 Å². The fourth-order valence-electron chi connectivity index (χ4n) is 1.97. The molecule has 21 heavy (non-hydrogen) atoms. The van der Waals surface area contributed by atoms with Crippen molar-refractivity contribution >= 4 is 46.4 Å². The van der Waals surface area contributed by atoms with Crippen molar-refractivity contribution < 1.29 is 8.42 Å². The van der Waals surface area contributed by atoms with E-state index in [2.05, 4.69) is 14.9 Å². The third-order valence-corrected chi connectivity index (χ3v) is 4.78. The van der Waals surface area contributed by atoms with E-state index >= 15 is 0 Å². The molecule has 1 aliphatic heterocycles. The van der Waals surface area contributed by atoms with Crippen molar-refractivity contribution in [2.24, 2.45) is 0 Å². The van der Waals surface area contributed by atoms with Crippen LogP contribution in [-0.4, -0.2) is 52.6 Å². The molecule has 0 amide bonds. The van der Waals surface area contributed by atoms with Crippen LogP contribution in [0.5, 0.6) is 0 Å². The second kappa shape index (κ2) is 9.84. The largest absolute Gasteiger partial charge is 0.314 e. The lowest BCUT2D eigenvalue weighted by molar-refractivity contribution is 0.245. The van der Waals surface area contributed by atoms with Crippen LogP contribution in [0.15, 0.2) is 29.2 Å². The lowest BCUT2D eigenvalue weighted by atomic mass is 10.3. The molecule has 1 aromatic rings. The van der Waals surface area contributed by atoms with Crippen LogP contribution in [0.4, 0.5) is 0 Å². The summed E-state index contributed by atoms with van der Waals surface area (Å²) in [6, 6.07) is 6.17. The van der Waals surface area contributed by atoms with Gasteiger partial charge in [-0.2, -0.15) is 0 Å². The van der Waals surface area contributed by atoms with Gasteiger partial charge in [0.05, 0.1) is 4.90 Å². The number of nitrogens with zero attached hydrogens (tertiary/aromatic N) is 1. The topological polar surface area (TPSA) is 61.4 Å². The molecule has 2 rings (SSSR count). The van der Waals surface area contributed by atoms with Crippen molar-refractivity contribution in [3.63, 3.8) is 0 Å². The zero-order valence-electron chi connectivity index (χ0n) is 11.4. The van der Waals surface area contributed by atoms with Crippen LogP contribution in [0.1, 0.15) is 0 Å². The summed E-state index contributed by atoms with van der Waals surface area (Å²) in [6.07, 6.45) is 0. The molecule has 0 bridgehead atoms. The predicted molar refractivity (Wildman–Crippen MR) is 90.4 cm³/mol. The molecule has 1 heterocycles. The summed E-state index contributed by atoms with van der Waals surface area (Å²) in [5.74, 6) is 0. The maximum Gasteiger partial charge on any atom is 0.240 e. The molecule has 1 fully saturated rings. The van der Waals surface area contributed by atoms with Crippen molar-refractivity contribution in [2.45, 2.75) is 4.90 Å². The predicted octanol–water partition coefficient (Wildman–Crippen LogP) is 1.37. The Morgan fingerprint density at radius 1 is 1.14 bits per heavy atom. The first kappa shape index (κ1) is 20.9. The number of nitrogens with one attached hydrogen (secondary N) is 2. The highest BCUT2D eigenvalue weighted by atomic mass is 35.5. The first-order valence-corrected chi connectivity index (χ1v) is 8.12. The van der Waals surface area contributed by atoms with E-state index in [4.69, 9.17) is 11.6 Å². The van der Waals surface area contributed by atoms with Crippen LogP contribution >= 0.6 is 36.4 Å². The quantitative estimate of drug-likeness (QED) is 0.815. The summed E-state index contributed by atoms with van der Waals surface area (Å²) < 4.78 is 26.6. The minimum absolute atomic E-state index is 0. The minimum atomic E-state index is -3.43. The van der Waals surface area contributed by atoms with Gasteiger partial charge in [0.25, 0.3) is 0 Å². The summed E-state index contributed by atoms with van der Waals surface area (Å²) >= 11 is 5.74. The van der Waals surface area contributed by atoms with Gasteiger partial charge in [-0.25, -0.2) is 13.1 Å². The molecule has 122 valence electrons. The zero-order chi connectivity index (χ0) is 13.7. The molecule has 1 aliphatic rings. The first-order chi connectivity index (χ1) is 9.08. The lowest BCUT2D eigenvalue weighted by Crippen LogP contribution is -2.46. The van der Waals surface area contributed by atoms with Crippen molar-refractivity contribution in [2.75, 3.05) is 39.3 Å². The maximum absolute atomic E-state index is 12.0. The van der Waals surface area contributed by atoms with Crippen LogP contribution in [0.3, 0.4) is 0 Å².